The standard InChI is InChI=1S/C8H10N2/c1-6(2)8-4-3-7(9)5-10-8/h3-5H,1,9H2,2H3. The Morgan fingerprint density at radius 2 is 2.30 bits per heavy atom. The van der Waals surface area contributed by atoms with Crippen molar-refractivity contribution in [3.05, 3.63) is 30.6 Å². The second kappa shape index (κ2) is 2.52. The van der Waals surface area contributed by atoms with Crippen LogP contribution in [0.3, 0.4) is 0 Å². The Balaban J connectivity index is 3.00. The molecule has 0 bridgehead atoms. The van der Waals surface area contributed by atoms with Crippen LogP contribution in [-0.2, 0) is 0 Å². The highest BCUT2D eigenvalue weighted by Gasteiger charge is 1.91. The number of nitrogen functional groups attached to an aromatic ring is 1. The summed E-state index contributed by atoms with van der Waals surface area (Å²) < 4.78 is 0. The molecule has 2 nitrogen and oxygen atoms in total. The number of aromatic nitrogens is 1. The summed E-state index contributed by atoms with van der Waals surface area (Å²) in [5.41, 5.74) is 7.98. The van der Waals surface area contributed by atoms with Crippen LogP contribution in [0.2, 0.25) is 0 Å². The minimum absolute atomic E-state index is 0.685. The van der Waals surface area contributed by atoms with E-state index in [1.54, 1.807) is 6.20 Å². The van der Waals surface area contributed by atoms with Gasteiger partial charge >= 0.3 is 0 Å². The Kier molecular flexibility index (Phi) is 1.71. The molecule has 10 heavy (non-hydrogen) atoms. The SMILES string of the molecule is C=C(C)c1ccc(N)cn1. The summed E-state index contributed by atoms with van der Waals surface area (Å²) in [6.07, 6.45) is 1.63. The van der Waals surface area contributed by atoms with Gasteiger partial charge in [-0.3, -0.25) is 4.98 Å². The summed E-state index contributed by atoms with van der Waals surface area (Å²) in [4.78, 5) is 4.05. The van der Waals surface area contributed by atoms with Gasteiger partial charge in [-0.2, -0.15) is 0 Å². The molecule has 0 aliphatic heterocycles. The third kappa shape index (κ3) is 1.35. The Hall–Kier alpha value is -1.31. The van der Waals surface area contributed by atoms with Crippen LogP contribution in [0.4, 0.5) is 5.69 Å². The maximum absolute atomic E-state index is 5.43. The fourth-order valence-corrected chi connectivity index (χ4v) is 0.658. The molecule has 0 spiro atoms. The van der Waals surface area contributed by atoms with Crippen molar-refractivity contribution in [1.82, 2.24) is 4.98 Å². The van der Waals surface area contributed by atoms with Crippen LogP contribution in [0.15, 0.2) is 24.9 Å². The van der Waals surface area contributed by atoms with Crippen molar-refractivity contribution >= 4 is 11.3 Å². The molecule has 1 aromatic heterocycles. The minimum Gasteiger partial charge on any atom is -0.397 e. The van der Waals surface area contributed by atoms with Gasteiger partial charge in [0.05, 0.1) is 17.6 Å². The molecule has 0 amide bonds. The first-order chi connectivity index (χ1) is 4.70. The molecule has 0 aromatic carbocycles. The lowest BCUT2D eigenvalue weighted by Gasteiger charge is -1.96. The first-order valence-electron chi connectivity index (χ1n) is 3.07. The molecule has 0 radical (unpaired) electrons. The molecule has 1 heterocycles. The van der Waals surface area contributed by atoms with Crippen molar-refractivity contribution in [2.45, 2.75) is 6.92 Å². The number of anilines is 1. The first-order valence-corrected chi connectivity index (χ1v) is 3.07. The fourth-order valence-electron chi connectivity index (χ4n) is 0.658. The second-order valence-corrected chi connectivity index (χ2v) is 2.26. The van der Waals surface area contributed by atoms with E-state index in [1.807, 2.05) is 19.1 Å². The number of hydrogen-bond acceptors (Lipinski definition) is 2. The summed E-state index contributed by atoms with van der Waals surface area (Å²) in [6.45, 7) is 5.67. The van der Waals surface area contributed by atoms with Gasteiger partial charge in [0.25, 0.3) is 0 Å². The Labute approximate surface area is 60.4 Å². The molecule has 0 aliphatic carbocycles. The summed E-state index contributed by atoms with van der Waals surface area (Å²) in [5, 5.41) is 0. The number of allylic oxidation sites excluding steroid dienone is 1. The van der Waals surface area contributed by atoms with E-state index in [0.717, 1.165) is 11.3 Å². The molecule has 0 atom stereocenters. The van der Waals surface area contributed by atoms with Crippen LogP contribution < -0.4 is 5.73 Å². The van der Waals surface area contributed by atoms with Gasteiger partial charge in [-0.05, 0) is 24.6 Å². The van der Waals surface area contributed by atoms with E-state index >= 15 is 0 Å². The number of pyridine rings is 1. The van der Waals surface area contributed by atoms with Crippen LogP contribution in [0.25, 0.3) is 5.57 Å². The molecule has 0 aliphatic rings. The summed E-state index contributed by atoms with van der Waals surface area (Å²) in [7, 11) is 0. The number of rotatable bonds is 1. The maximum Gasteiger partial charge on any atom is 0.0654 e. The van der Waals surface area contributed by atoms with Gasteiger partial charge < -0.3 is 5.73 Å². The van der Waals surface area contributed by atoms with Crippen LogP contribution >= 0.6 is 0 Å². The molecular formula is C8H10N2. The lowest BCUT2D eigenvalue weighted by Crippen LogP contribution is -1.88. The van der Waals surface area contributed by atoms with Crippen molar-refractivity contribution in [2.75, 3.05) is 5.73 Å². The van der Waals surface area contributed by atoms with Crippen LogP contribution in [0.1, 0.15) is 12.6 Å². The highest BCUT2D eigenvalue weighted by atomic mass is 14.7. The monoisotopic (exact) mass is 134 g/mol. The summed E-state index contributed by atoms with van der Waals surface area (Å²) in [6, 6.07) is 3.68. The van der Waals surface area contributed by atoms with E-state index in [4.69, 9.17) is 5.73 Å². The first kappa shape index (κ1) is 6.81. The van der Waals surface area contributed by atoms with Crippen molar-refractivity contribution < 1.29 is 0 Å². The molecule has 2 heteroatoms. The van der Waals surface area contributed by atoms with E-state index in [1.165, 1.54) is 0 Å². The van der Waals surface area contributed by atoms with E-state index in [9.17, 15) is 0 Å². The molecule has 0 saturated carbocycles. The number of nitrogens with two attached hydrogens (primary N) is 1. The molecule has 2 N–H and O–H groups in total. The van der Waals surface area contributed by atoms with Gasteiger partial charge in [-0.25, -0.2) is 0 Å². The molecule has 0 unspecified atom stereocenters. The van der Waals surface area contributed by atoms with Crippen molar-refractivity contribution in [2.24, 2.45) is 0 Å². The highest BCUT2D eigenvalue weighted by molar-refractivity contribution is 5.58. The van der Waals surface area contributed by atoms with Gasteiger partial charge in [0, 0.05) is 0 Å². The van der Waals surface area contributed by atoms with Crippen LogP contribution in [0.5, 0.6) is 0 Å². The van der Waals surface area contributed by atoms with Gasteiger partial charge in [0.2, 0.25) is 0 Å². The summed E-state index contributed by atoms with van der Waals surface area (Å²) >= 11 is 0. The second-order valence-electron chi connectivity index (χ2n) is 2.26. The normalized spacial score (nSPS) is 9.30. The van der Waals surface area contributed by atoms with Gasteiger partial charge in [0.15, 0.2) is 0 Å². The van der Waals surface area contributed by atoms with E-state index < -0.39 is 0 Å². The quantitative estimate of drug-likeness (QED) is 0.634. The highest BCUT2D eigenvalue weighted by Crippen LogP contribution is 2.08. The number of nitrogens with zero attached hydrogens (tertiary/aromatic N) is 1. The van der Waals surface area contributed by atoms with E-state index in [-0.39, 0.29) is 0 Å². The molecule has 1 aromatic rings. The number of hydrogen-bond donors (Lipinski definition) is 1. The zero-order valence-corrected chi connectivity index (χ0v) is 5.96. The van der Waals surface area contributed by atoms with Gasteiger partial charge in [-0.1, -0.05) is 6.58 Å². The average Bonchev–Trinajstić information content (AvgIpc) is 1.88. The smallest absolute Gasteiger partial charge is 0.0654 e. The van der Waals surface area contributed by atoms with E-state index in [2.05, 4.69) is 11.6 Å². The molecule has 1 rings (SSSR count). The predicted octanol–water partition coefficient (Wildman–Crippen LogP) is 1.70. The topological polar surface area (TPSA) is 38.9 Å². The Morgan fingerprint density at radius 1 is 1.60 bits per heavy atom. The van der Waals surface area contributed by atoms with Crippen LogP contribution in [0, 0.1) is 0 Å². The summed E-state index contributed by atoms with van der Waals surface area (Å²) in [5.74, 6) is 0. The third-order valence-electron chi connectivity index (χ3n) is 1.22. The fraction of sp³-hybridized carbons (Fsp3) is 0.125. The predicted molar refractivity (Wildman–Crippen MR) is 43.4 cm³/mol. The maximum atomic E-state index is 5.43. The van der Waals surface area contributed by atoms with Crippen LogP contribution in [-0.4, -0.2) is 4.98 Å². The zero-order chi connectivity index (χ0) is 7.56. The molecule has 0 fully saturated rings. The zero-order valence-electron chi connectivity index (χ0n) is 5.96. The Bertz CT molecular complexity index is 236. The largest absolute Gasteiger partial charge is 0.397 e. The molecule has 0 saturated heterocycles. The van der Waals surface area contributed by atoms with Crippen molar-refractivity contribution in [3.63, 3.8) is 0 Å². The van der Waals surface area contributed by atoms with Gasteiger partial charge in [0.1, 0.15) is 0 Å². The van der Waals surface area contributed by atoms with Crippen molar-refractivity contribution in [3.8, 4) is 0 Å². The molecular weight excluding hydrogens is 124 g/mol. The molecule has 52 valence electrons. The minimum atomic E-state index is 0.685. The Morgan fingerprint density at radius 3 is 2.70 bits per heavy atom. The lowest BCUT2D eigenvalue weighted by atomic mass is 10.2. The average molecular weight is 134 g/mol. The van der Waals surface area contributed by atoms with Gasteiger partial charge in [-0.15, -0.1) is 0 Å². The van der Waals surface area contributed by atoms with E-state index in [0.29, 0.717) is 5.69 Å². The third-order valence-corrected chi connectivity index (χ3v) is 1.22. The lowest BCUT2D eigenvalue weighted by molar-refractivity contribution is 1.27. The van der Waals surface area contributed by atoms with Crippen molar-refractivity contribution in [1.29, 1.82) is 0 Å².